The molecule has 0 aliphatic heterocycles. The molecule has 0 saturated carbocycles. The molecule has 1 rings (SSSR count). The van der Waals surface area contributed by atoms with Crippen molar-refractivity contribution in [3.05, 3.63) is 18.2 Å². The summed E-state index contributed by atoms with van der Waals surface area (Å²) in [4.78, 5) is 13.8. The van der Waals surface area contributed by atoms with Crippen LogP contribution in [0.1, 0.15) is 0 Å². The predicted octanol–water partition coefficient (Wildman–Crippen LogP) is 2.48. The van der Waals surface area contributed by atoms with E-state index in [4.69, 9.17) is 9.47 Å². The molecule has 0 spiro atoms. The monoisotopic (exact) mass is 241 g/mol. The first-order valence-corrected chi connectivity index (χ1v) is 5.50. The van der Waals surface area contributed by atoms with Crippen LogP contribution in [0.5, 0.6) is 11.5 Å². The van der Waals surface area contributed by atoms with E-state index in [0.29, 0.717) is 11.5 Å². The summed E-state index contributed by atoms with van der Waals surface area (Å²) in [5.41, 5.74) is 0. The highest BCUT2D eigenvalue weighted by atomic mass is 32.2. The number of amides is 1. The summed E-state index contributed by atoms with van der Waals surface area (Å²) < 4.78 is 10.2. The van der Waals surface area contributed by atoms with Gasteiger partial charge < -0.3 is 14.4 Å². The third-order valence-electron chi connectivity index (χ3n) is 1.90. The molecule has 0 N–H and O–H groups in total. The average molecular weight is 241 g/mol. The van der Waals surface area contributed by atoms with Gasteiger partial charge in [-0.05, 0) is 23.9 Å². The molecule has 0 aromatic heterocycles. The lowest BCUT2D eigenvalue weighted by atomic mass is 10.3. The first kappa shape index (κ1) is 12.7. The van der Waals surface area contributed by atoms with E-state index in [1.165, 1.54) is 4.90 Å². The summed E-state index contributed by atoms with van der Waals surface area (Å²) >= 11 is 1.14. The van der Waals surface area contributed by atoms with Crippen LogP contribution in [0, 0.1) is 0 Å². The van der Waals surface area contributed by atoms with Crippen LogP contribution in [-0.2, 0) is 0 Å². The molecule has 0 atom stereocenters. The van der Waals surface area contributed by atoms with E-state index in [-0.39, 0.29) is 5.24 Å². The lowest BCUT2D eigenvalue weighted by molar-refractivity contribution is 0.241. The van der Waals surface area contributed by atoms with Gasteiger partial charge in [-0.3, -0.25) is 4.79 Å². The standard InChI is InChI=1S/C11H15NO3S/c1-12(2)11(13)16-10-6-8(14-3)5-9(7-10)15-4/h5-7H,1-4H3. The number of nitrogens with zero attached hydrogens (tertiary/aromatic N) is 1. The SMILES string of the molecule is COc1cc(OC)cc(SC(=O)N(C)C)c1. The molecule has 1 aromatic carbocycles. The van der Waals surface area contributed by atoms with Crippen molar-refractivity contribution in [2.45, 2.75) is 4.90 Å². The summed E-state index contributed by atoms with van der Waals surface area (Å²) in [5, 5.41) is -0.0321. The smallest absolute Gasteiger partial charge is 0.285 e. The third-order valence-corrected chi connectivity index (χ3v) is 2.91. The number of rotatable bonds is 3. The minimum Gasteiger partial charge on any atom is -0.497 e. The molecule has 0 radical (unpaired) electrons. The predicted molar refractivity (Wildman–Crippen MR) is 64.5 cm³/mol. The molecule has 1 amide bonds. The Morgan fingerprint density at radius 1 is 1.12 bits per heavy atom. The Balaban J connectivity index is 2.91. The number of hydrogen-bond acceptors (Lipinski definition) is 4. The first-order chi connectivity index (χ1) is 7.56. The fraction of sp³-hybridized carbons (Fsp3) is 0.364. The topological polar surface area (TPSA) is 38.8 Å². The van der Waals surface area contributed by atoms with Gasteiger partial charge in [-0.25, -0.2) is 0 Å². The number of carbonyl (C=O) groups is 1. The Morgan fingerprint density at radius 2 is 1.62 bits per heavy atom. The number of benzene rings is 1. The number of thioether (sulfide) groups is 1. The zero-order chi connectivity index (χ0) is 12.1. The summed E-state index contributed by atoms with van der Waals surface area (Å²) in [6, 6.07) is 5.37. The largest absolute Gasteiger partial charge is 0.497 e. The average Bonchev–Trinajstić information content (AvgIpc) is 2.28. The zero-order valence-corrected chi connectivity index (χ0v) is 10.6. The maximum absolute atomic E-state index is 11.5. The highest BCUT2D eigenvalue weighted by molar-refractivity contribution is 8.13. The number of carbonyl (C=O) groups excluding carboxylic acids is 1. The Labute approximate surface area is 99.5 Å². The second kappa shape index (κ2) is 5.65. The van der Waals surface area contributed by atoms with Crippen molar-refractivity contribution in [2.75, 3.05) is 28.3 Å². The third kappa shape index (κ3) is 3.34. The maximum atomic E-state index is 11.5. The van der Waals surface area contributed by atoms with E-state index in [1.54, 1.807) is 46.5 Å². The minimum absolute atomic E-state index is 0.0321. The molecule has 1 aromatic rings. The molecule has 0 saturated heterocycles. The highest BCUT2D eigenvalue weighted by Gasteiger charge is 2.09. The Morgan fingerprint density at radius 3 is 2.00 bits per heavy atom. The molecule has 5 heteroatoms. The number of ether oxygens (including phenoxy) is 2. The molecule has 0 fully saturated rings. The van der Waals surface area contributed by atoms with Gasteiger partial charge in [0.2, 0.25) is 0 Å². The van der Waals surface area contributed by atoms with Crippen LogP contribution in [0.25, 0.3) is 0 Å². The van der Waals surface area contributed by atoms with Crippen molar-refractivity contribution in [1.82, 2.24) is 4.90 Å². The van der Waals surface area contributed by atoms with Crippen LogP contribution >= 0.6 is 11.8 Å². The Hall–Kier alpha value is -1.36. The molecule has 0 aliphatic rings. The van der Waals surface area contributed by atoms with Gasteiger partial charge >= 0.3 is 0 Å². The van der Waals surface area contributed by atoms with Gasteiger partial charge in [0.05, 0.1) is 14.2 Å². The second-order valence-corrected chi connectivity index (χ2v) is 4.34. The van der Waals surface area contributed by atoms with Gasteiger partial charge in [-0.15, -0.1) is 0 Å². The van der Waals surface area contributed by atoms with Gasteiger partial charge in [0.25, 0.3) is 5.24 Å². The van der Waals surface area contributed by atoms with Gasteiger partial charge in [0.1, 0.15) is 11.5 Å². The lowest BCUT2D eigenvalue weighted by Gasteiger charge is -2.11. The van der Waals surface area contributed by atoms with E-state index in [9.17, 15) is 4.79 Å². The van der Waals surface area contributed by atoms with Crippen molar-refractivity contribution < 1.29 is 14.3 Å². The van der Waals surface area contributed by atoms with Crippen LogP contribution in [0.3, 0.4) is 0 Å². The number of methoxy groups -OCH3 is 2. The quantitative estimate of drug-likeness (QED) is 0.762. The summed E-state index contributed by atoms with van der Waals surface area (Å²) in [5.74, 6) is 1.35. The summed E-state index contributed by atoms with van der Waals surface area (Å²) in [7, 11) is 6.59. The first-order valence-electron chi connectivity index (χ1n) is 4.69. The lowest BCUT2D eigenvalue weighted by Crippen LogP contribution is -2.15. The molecule has 0 aliphatic carbocycles. The second-order valence-electron chi connectivity index (χ2n) is 3.31. The molecular formula is C11H15NO3S. The van der Waals surface area contributed by atoms with Gasteiger partial charge in [-0.1, -0.05) is 0 Å². The van der Waals surface area contributed by atoms with Gasteiger partial charge in [0, 0.05) is 25.1 Å². The molecule has 0 unspecified atom stereocenters. The van der Waals surface area contributed by atoms with E-state index in [0.717, 1.165) is 16.7 Å². The normalized spacial score (nSPS) is 9.75. The van der Waals surface area contributed by atoms with E-state index in [2.05, 4.69) is 0 Å². The molecule has 88 valence electrons. The molecule has 0 bridgehead atoms. The van der Waals surface area contributed by atoms with Gasteiger partial charge in [-0.2, -0.15) is 0 Å². The van der Waals surface area contributed by atoms with E-state index >= 15 is 0 Å². The summed E-state index contributed by atoms with van der Waals surface area (Å²) in [6.07, 6.45) is 0. The molecule has 0 heterocycles. The van der Waals surface area contributed by atoms with Crippen LogP contribution < -0.4 is 9.47 Å². The Bertz CT molecular complexity index is 357. The highest BCUT2D eigenvalue weighted by Crippen LogP contribution is 2.30. The zero-order valence-electron chi connectivity index (χ0n) is 9.81. The molecule has 4 nitrogen and oxygen atoms in total. The van der Waals surface area contributed by atoms with Crippen LogP contribution in [0.2, 0.25) is 0 Å². The van der Waals surface area contributed by atoms with E-state index in [1.807, 2.05) is 0 Å². The van der Waals surface area contributed by atoms with Crippen LogP contribution in [0.4, 0.5) is 4.79 Å². The van der Waals surface area contributed by atoms with Crippen LogP contribution in [0.15, 0.2) is 23.1 Å². The fourth-order valence-corrected chi connectivity index (χ4v) is 1.77. The summed E-state index contributed by atoms with van der Waals surface area (Å²) in [6.45, 7) is 0. The van der Waals surface area contributed by atoms with Crippen LogP contribution in [-0.4, -0.2) is 38.5 Å². The van der Waals surface area contributed by atoms with Gasteiger partial charge in [0.15, 0.2) is 0 Å². The van der Waals surface area contributed by atoms with Crippen molar-refractivity contribution in [3.8, 4) is 11.5 Å². The minimum atomic E-state index is -0.0321. The molecular weight excluding hydrogens is 226 g/mol. The van der Waals surface area contributed by atoms with E-state index < -0.39 is 0 Å². The fourth-order valence-electron chi connectivity index (χ4n) is 1.03. The molecule has 16 heavy (non-hydrogen) atoms. The number of hydrogen-bond donors (Lipinski definition) is 0. The van der Waals surface area contributed by atoms with Crippen molar-refractivity contribution >= 4 is 17.0 Å². The Kier molecular flexibility index (Phi) is 4.49. The van der Waals surface area contributed by atoms with Crippen molar-refractivity contribution in [1.29, 1.82) is 0 Å². The van der Waals surface area contributed by atoms with Crippen molar-refractivity contribution in [2.24, 2.45) is 0 Å². The van der Waals surface area contributed by atoms with Crippen molar-refractivity contribution in [3.63, 3.8) is 0 Å². The maximum Gasteiger partial charge on any atom is 0.285 e.